The van der Waals surface area contributed by atoms with Crippen molar-refractivity contribution < 1.29 is 14.3 Å². The first kappa shape index (κ1) is 24.6. The van der Waals surface area contributed by atoms with E-state index >= 15 is 0 Å². The molecular weight excluding hydrogens is 471 g/mol. The van der Waals surface area contributed by atoms with Crippen molar-refractivity contribution in [2.45, 2.75) is 38.8 Å². The van der Waals surface area contributed by atoms with Crippen molar-refractivity contribution in [2.75, 3.05) is 40.0 Å². The molecule has 1 amide bonds. The molecule has 1 aliphatic rings. The Morgan fingerprint density at radius 3 is 2.89 bits per heavy atom. The lowest BCUT2D eigenvalue weighted by molar-refractivity contribution is 0.0168. The lowest BCUT2D eigenvalue weighted by Crippen LogP contribution is -2.37. The molecule has 1 aromatic rings. The van der Waals surface area contributed by atoms with E-state index in [1.165, 1.54) is 0 Å². The molecular formula is C20H33IN4O3. The van der Waals surface area contributed by atoms with Crippen LogP contribution in [0.1, 0.15) is 42.1 Å². The number of rotatable bonds is 10. The van der Waals surface area contributed by atoms with Gasteiger partial charge in [-0.1, -0.05) is 12.1 Å². The van der Waals surface area contributed by atoms with Gasteiger partial charge in [0, 0.05) is 45.5 Å². The lowest BCUT2D eigenvalue weighted by Gasteiger charge is -2.13. The van der Waals surface area contributed by atoms with Gasteiger partial charge in [0.15, 0.2) is 5.96 Å². The predicted molar refractivity (Wildman–Crippen MR) is 122 cm³/mol. The van der Waals surface area contributed by atoms with E-state index in [-0.39, 0.29) is 36.0 Å². The number of hydrogen-bond acceptors (Lipinski definition) is 4. The third kappa shape index (κ3) is 9.20. The maximum atomic E-state index is 11.9. The second-order valence-corrected chi connectivity index (χ2v) is 6.48. The summed E-state index contributed by atoms with van der Waals surface area (Å²) in [6.45, 7) is 6.17. The van der Waals surface area contributed by atoms with Gasteiger partial charge in [-0.2, -0.15) is 0 Å². The fourth-order valence-corrected chi connectivity index (χ4v) is 2.86. The van der Waals surface area contributed by atoms with Crippen LogP contribution in [0, 0.1) is 0 Å². The zero-order valence-electron chi connectivity index (χ0n) is 16.8. The van der Waals surface area contributed by atoms with Crippen LogP contribution >= 0.6 is 24.0 Å². The van der Waals surface area contributed by atoms with E-state index in [4.69, 9.17) is 9.47 Å². The van der Waals surface area contributed by atoms with E-state index in [1.807, 2.05) is 31.2 Å². The smallest absolute Gasteiger partial charge is 0.251 e. The molecule has 8 heteroatoms. The monoisotopic (exact) mass is 504 g/mol. The van der Waals surface area contributed by atoms with Crippen LogP contribution in [0.5, 0.6) is 0 Å². The molecule has 1 unspecified atom stereocenters. The van der Waals surface area contributed by atoms with E-state index in [1.54, 1.807) is 7.05 Å². The second-order valence-electron chi connectivity index (χ2n) is 6.48. The van der Waals surface area contributed by atoms with E-state index in [2.05, 4.69) is 20.9 Å². The van der Waals surface area contributed by atoms with Crippen molar-refractivity contribution >= 4 is 35.8 Å². The van der Waals surface area contributed by atoms with Crippen molar-refractivity contribution in [2.24, 2.45) is 4.99 Å². The largest absolute Gasteiger partial charge is 0.379 e. The van der Waals surface area contributed by atoms with Gasteiger partial charge in [0.2, 0.25) is 0 Å². The summed E-state index contributed by atoms with van der Waals surface area (Å²) in [7, 11) is 1.74. The molecule has 0 aliphatic carbocycles. The van der Waals surface area contributed by atoms with Crippen LogP contribution in [0.4, 0.5) is 0 Å². The maximum Gasteiger partial charge on any atom is 0.251 e. The van der Waals surface area contributed by atoms with E-state index in [0.717, 1.165) is 43.9 Å². The number of carbonyl (C=O) groups is 1. The molecule has 0 bridgehead atoms. The first-order chi connectivity index (χ1) is 13.2. The predicted octanol–water partition coefficient (Wildman–Crippen LogP) is 2.31. The van der Waals surface area contributed by atoms with Crippen LogP contribution in [0.15, 0.2) is 29.3 Å². The molecule has 3 N–H and O–H groups in total. The van der Waals surface area contributed by atoms with Crippen LogP contribution in [-0.2, 0) is 16.0 Å². The molecule has 0 saturated carbocycles. The van der Waals surface area contributed by atoms with Gasteiger partial charge >= 0.3 is 0 Å². The third-order valence-electron chi connectivity index (χ3n) is 4.30. The molecule has 1 saturated heterocycles. The molecule has 1 aliphatic heterocycles. The highest BCUT2D eigenvalue weighted by atomic mass is 127. The van der Waals surface area contributed by atoms with Gasteiger partial charge in [0.25, 0.3) is 5.91 Å². The molecule has 0 aromatic heterocycles. The van der Waals surface area contributed by atoms with E-state index < -0.39 is 0 Å². The summed E-state index contributed by atoms with van der Waals surface area (Å²) < 4.78 is 11.2. The third-order valence-corrected chi connectivity index (χ3v) is 4.30. The standard InChI is InChI=1S/C20H32N4O3.HI/c1-3-22-19(25)17-8-4-7-16(13-17)14-24-20(21-2)23-10-6-11-26-15-18-9-5-12-27-18;/h4,7-8,13,18H,3,5-6,9-12,14-15H2,1-2H3,(H,22,25)(H2,21,23,24);1H. The van der Waals surface area contributed by atoms with Gasteiger partial charge in [-0.15, -0.1) is 24.0 Å². The van der Waals surface area contributed by atoms with Crippen molar-refractivity contribution in [3.8, 4) is 0 Å². The highest BCUT2D eigenvalue weighted by molar-refractivity contribution is 14.0. The normalized spacial score (nSPS) is 16.4. The Morgan fingerprint density at radius 1 is 1.32 bits per heavy atom. The average molecular weight is 504 g/mol. The number of amides is 1. The topological polar surface area (TPSA) is 84.0 Å². The minimum atomic E-state index is -0.0511. The van der Waals surface area contributed by atoms with Gasteiger partial charge < -0.3 is 25.4 Å². The second kappa shape index (κ2) is 14.6. The zero-order valence-corrected chi connectivity index (χ0v) is 19.2. The zero-order chi connectivity index (χ0) is 19.3. The van der Waals surface area contributed by atoms with Crippen molar-refractivity contribution in [1.82, 2.24) is 16.0 Å². The number of benzene rings is 1. The van der Waals surface area contributed by atoms with Crippen LogP contribution in [-0.4, -0.2) is 57.9 Å². The Hall–Kier alpha value is -1.39. The number of guanidine groups is 1. The summed E-state index contributed by atoms with van der Waals surface area (Å²) in [5.41, 5.74) is 1.70. The van der Waals surface area contributed by atoms with Crippen LogP contribution in [0.25, 0.3) is 0 Å². The quantitative estimate of drug-likeness (QED) is 0.197. The number of nitrogens with one attached hydrogen (secondary N) is 3. The van der Waals surface area contributed by atoms with Crippen LogP contribution in [0.2, 0.25) is 0 Å². The minimum absolute atomic E-state index is 0. The van der Waals surface area contributed by atoms with Crippen molar-refractivity contribution in [1.29, 1.82) is 0 Å². The average Bonchev–Trinajstić information content (AvgIpc) is 3.21. The summed E-state index contributed by atoms with van der Waals surface area (Å²) >= 11 is 0. The van der Waals surface area contributed by atoms with Gasteiger partial charge in [0.05, 0.1) is 12.7 Å². The van der Waals surface area contributed by atoms with Gasteiger partial charge in [-0.05, 0) is 43.9 Å². The summed E-state index contributed by atoms with van der Waals surface area (Å²) in [5.74, 6) is 0.683. The Kier molecular flexibility index (Phi) is 12.8. The highest BCUT2D eigenvalue weighted by Crippen LogP contribution is 2.11. The van der Waals surface area contributed by atoms with Crippen molar-refractivity contribution in [3.63, 3.8) is 0 Å². The number of nitrogens with zero attached hydrogens (tertiary/aromatic N) is 1. The summed E-state index contributed by atoms with van der Waals surface area (Å²) in [4.78, 5) is 16.1. The maximum absolute atomic E-state index is 11.9. The Morgan fingerprint density at radius 2 is 2.18 bits per heavy atom. The lowest BCUT2D eigenvalue weighted by atomic mass is 10.1. The molecule has 1 heterocycles. The van der Waals surface area contributed by atoms with Gasteiger partial charge in [-0.25, -0.2) is 0 Å². The van der Waals surface area contributed by atoms with Gasteiger partial charge in [0.1, 0.15) is 0 Å². The van der Waals surface area contributed by atoms with E-state index in [0.29, 0.717) is 31.9 Å². The first-order valence-corrected chi connectivity index (χ1v) is 9.74. The highest BCUT2D eigenvalue weighted by Gasteiger charge is 2.14. The fraction of sp³-hybridized carbons (Fsp3) is 0.600. The van der Waals surface area contributed by atoms with Gasteiger partial charge in [-0.3, -0.25) is 9.79 Å². The molecule has 1 aromatic carbocycles. The van der Waals surface area contributed by atoms with E-state index in [9.17, 15) is 4.79 Å². The fourth-order valence-electron chi connectivity index (χ4n) is 2.86. The molecule has 2 rings (SSSR count). The van der Waals surface area contributed by atoms with Crippen LogP contribution in [0.3, 0.4) is 0 Å². The SMILES string of the molecule is CCNC(=O)c1cccc(CNC(=NC)NCCCOCC2CCCO2)c1.I. The first-order valence-electron chi connectivity index (χ1n) is 9.74. The number of ether oxygens (including phenoxy) is 2. The summed E-state index contributed by atoms with van der Waals surface area (Å²) in [6, 6.07) is 7.59. The minimum Gasteiger partial charge on any atom is -0.379 e. The molecule has 0 spiro atoms. The molecule has 1 fully saturated rings. The summed E-state index contributed by atoms with van der Waals surface area (Å²) in [6.07, 6.45) is 3.43. The molecule has 158 valence electrons. The molecule has 1 atom stereocenters. The number of aliphatic imine (C=N–C) groups is 1. The van der Waals surface area contributed by atoms with Crippen LogP contribution < -0.4 is 16.0 Å². The Bertz CT molecular complexity index is 607. The number of hydrogen-bond donors (Lipinski definition) is 3. The molecule has 7 nitrogen and oxygen atoms in total. The summed E-state index contributed by atoms with van der Waals surface area (Å²) in [5, 5.41) is 9.35. The van der Waals surface area contributed by atoms with Crippen molar-refractivity contribution in [3.05, 3.63) is 35.4 Å². The number of carbonyl (C=O) groups excluding carboxylic acids is 1. The Labute approximate surface area is 185 Å². The molecule has 28 heavy (non-hydrogen) atoms. The molecule has 0 radical (unpaired) electrons. The Balaban J connectivity index is 0.00000392. The number of halogens is 1.